The quantitative estimate of drug-likeness (QED) is 0.574. The molecule has 0 N–H and O–H groups in total. The fourth-order valence-corrected chi connectivity index (χ4v) is 4.23. The highest BCUT2D eigenvalue weighted by atomic mass is 127. The molecule has 0 bridgehead atoms. The summed E-state index contributed by atoms with van der Waals surface area (Å²) in [5.41, 5.74) is 3.59. The smallest absolute Gasteiger partial charge is 0.264 e. The zero-order valence-electron chi connectivity index (χ0n) is 12.1. The number of rotatable bonds is 0. The Morgan fingerprint density at radius 1 is 1.13 bits per heavy atom. The number of anilines is 1. The summed E-state index contributed by atoms with van der Waals surface area (Å²) in [7, 11) is 0. The largest absolute Gasteiger partial charge is 0.268 e. The van der Waals surface area contributed by atoms with Gasteiger partial charge >= 0.3 is 0 Å². The predicted molar refractivity (Wildman–Crippen MR) is 101 cm³/mol. The Morgan fingerprint density at radius 3 is 2.83 bits per heavy atom. The van der Waals surface area contributed by atoms with Crippen molar-refractivity contribution >= 4 is 56.5 Å². The molecule has 4 heteroatoms. The topological polar surface area (TPSA) is 32.7 Å². The Kier molecular flexibility index (Phi) is 2.68. The average Bonchev–Trinajstić information content (AvgIpc) is 2.71. The van der Waals surface area contributed by atoms with E-state index < -0.39 is 0 Å². The third kappa shape index (κ3) is 1.69. The maximum absolute atomic E-state index is 13.0. The summed E-state index contributed by atoms with van der Waals surface area (Å²) in [5.74, 6) is 0.780. The minimum Gasteiger partial charge on any atom is -0.268 e. The lowest BCUT2D eigenvalue weighted by Gasteiger charge is -2.24. The van der Waals surface area contributed by atoms with Gasteiger partial charge in [-0.05, 0) is 52.6 Å². The third-order valence-corrected chi connectivity index (χ3v) is 5.41. The van der Waals surface area contributed by atoms with Crippen molar-refractivity contribution in [3.8, 4) is 0 Å². The van der Waals surface area contributed by atoms with Crippen LogP contribution in [0, 0.1) is 0 Å². The summed E-state index contributed by atoms with van der Waals surface area (Å²) >= 11 is 2.33. The Balaban J connectivity index is 1.90. The molecule has 0 atom stereocenters. The number of amidine groups is 1. The molecule has 3 nitrogen and oxygen atoms in total. The van der Waals surface area contributed by atoms with Gasteiger partial charge in [-0.25, -0.2) is 4.99 Å². The highest BCUT2D eigenvalue weighted by Crippen LogP contribution is 2.45. The second-order valence-electron chi connectivity index (χ2n) is 5.72. The molecule has 5 rings (SSSR count). The molecule has 0 aromatic heterocycles. The molecular formula is C19H11IN2O. The molecule has 0 unspecified atom stereocenters. The van der Waals surface area contributed by atoms with Crippen LogP contribution in [0.1, 0.15) is 6.42 Å². The molecule has 2 aromatic rings. The van der Waals surface area contributed by atoms with Crippen molar-refractivity contribution in [2.45, 2.75) is 6.42 Å². The van der Waals surface area contributed by atoms with Crippen molar-refractivity contribution in [2.75, 3.05) is 4.90 Å². The van der Waals surface area contributed by atoms with Gasteiger partial charge in [-0.1, -0.05) is 36.4 Å². The lowest BCUT2D eigenvalue weighted by molar-refractivity contribution is -0.113. The predicted octanol–water partition coefficient (Wildman–Crippen LogP) is 4.81. The first-order chi connectivity index (χ1) is 11.3. The number of aliphatic imine (C=N–C) groups is 1. The number of nitrogens with zero attached hydrogens (tertiary/aromatic N) is 2. The molecule has 2 heterocycles. The first-order valence-electron chi connectivity index (χ1n) is 7.47. The van der Waals surface area contributed by atoms with Gasteiger partial charge in [0.15, 0.2) is 0 Å². The SMILES string of the molecule is O=C1C2=CC=CCC(I)=C2C2=Nc3cccc4cccc(c34)N12. The maximum Gasteiger partial charge on any atom is 0.264 e. The zero-order chi connectivity index (χ0) is 15.6. The first-order valence-corrected chi connectivity index (χ1v) is 8.55. The van der Waals surface area contributed by atoms with Gasteiger partial charge in [-0.15, -0.1) is 0 Å². The van der Waals surface area contributed by atoms with E-state index in [1.807, 2.05) is 36.4 Å². The Labute approximate surface area is 146 Å². The van der Waals surface area contributed by atoms with Gasteiger partial charge in [-0.3, -0.25) is 9.69 Å². The number of carbonyl (C=O) groups is 1. The van der Waals surface area contributed by atoms with Crippen LogP contribution in [0.5, 0.6) is 0 Å². The number of fused-ring (bicyclic) bond motifs is 4. The summed E-state index contributed by atoms with van der Waals surface area (Å²) in [6.07, 6.45) is 6.79. The fourth-order valence-electron chi connectivity index (χ4n) is 3.44. The summed E-state index contributed by atoms with van der Waals surface area (Å²) in [5, 5.41) is 2.16. The molecule has 1 aliphatic carbocycles. The number of hydrogen-bond acceptors (Lipinski definition) is 2. The van der Waals surface area contributed by atoms with Crippen molar-refractivity contribution < 1.29 is 4.79 Å². The van der Waals surface area contributed by atoms with Gasteiger partial charge in [0.1, 0.15) is 5.84 Å². The van der Waals surface area contributed by atoms with Crippen LogP contribution >= 0.6 is 22.6 Å². The van der Waals surface area contributed by atoms with Gasteiger partial charge in [0.25, 0.3) is 5.91 Å². The van der Waals surface area contributed by atoms with E-state index in [-0.39, 0.29) is 5.91 Å². The van der Waals surface area contributed by atoms with Crippen LogP contribution in [0.25, 0.3) is 10.8 Å². The molecular weight excluding hydrogens is 399 g/mol. The molecule has 0 saturated carbocycles. The van der Waals surface area contributed by atoms with Gasteiger partial charge in [-0.2, -0.15) is 0 Å². The fraction of sp³-hybridized carbons (Fsp3) is 0.0526. The first kappa shape index (κ1) is 13.2. The molecule has 0 spiro atoms. The van der Waals surface area contributed by atoms with E-state index in [0.29, 0.717) is 0 Å². The average molecular weight is 410 g/mol. The molecule has 1 amide bonds. The van der Waals surface area contributed by atoms with Crippen molar-refractivity contribution in [3.63, 3.8) is 0 Å². The number of carbonyl (C=O) groups excluding carboxylic acids is 1. The lowest BCUT2D eigenvalue weighted by atomic mass is 10.0. The lowest BCUT2D eigenvalue weighted by Crippen LogP contribution is -2.31. The van der Waals surface area contributed by atoms with Gasteiger partial charge in [0.05, 0.1) is 16.9 Å². The zero-order valence-corrected chi connectivity index (χ0v) is 14.2. The summed E-state index contributed by atoms with van der Waals surface area (Å²) < 4.78 is 1.16. The standard InChI is InChI=1S/C19H11IN2O/c20-13-8-2-1-7-12-17(13)18-21-14-9-3-5-11-6-4-10-15(16(11)14)22(18)19(12)23/h1-7,9-10H,8H2. The number of benzene rings is 2. The highest BCUT2D eigenvalue weighted by molar-refractivity contribution is 14.1. The summed E-state index contributed by atoms with van der Waals surface area (Å²) in [4.78, 5) is 19.6. The van der Waals surface area contributed by atoms with Crippen molar-refractivity contribution in [3.05, 3.63) is 69.4 Å². The molecule has 2 aliphatic heterocycles. The van der Waals surface area contributed by atoms with E-state index in [4.69, 9.17) is 4.99 Å². The van der Waals surface area contributed by atoms with Crippen LogP contribution in [0.2, 0.25) is 0 Å². The van der Waals surface area contributed by atoms with Crippen LogP contribution in [0.4, 0.5) is 11.4 Å². The molecule has 2 aromatic carbocycles. The van der Waals surface area contributed by atoms with Crippen LogP contribution < -0.4 is 4.90 Å². The second-order valence-corrected chi connectivity index (χ2v) is 7.02. The van der Waals surface area contributed by atoms with E-state index in [9.17, 15) is 4.79 Å². The number of halogens is 1. The molecule has 23 heavy (non-hydrogen) atoms. The van der Waals surface area contributed by atoms with Crippen LogP contribution in [-0.2, 0) is 4.79 Å². The minimum atomic E-state index is 0.0152. The van der Waals surface area contributed by atoms with E-state index in [1.165, 1.54) is 0 Å². The van der Waals surface area contributed by atoms with Gasteiger partial charge < -0.3 is 0 Å². The molecule has 1 saturated heterocycles. The monoisotopic (exact) mass is 410 g/mol. The van der Waals surface area contributed by atoms with Crippen molar-refractivity contribution in [1.82, 2.24) is 0 Å². The van der Waals surface area contributed by atoms with E-state index in [1.54, 1.807) is 4.90 Å². The minimum absolute atomic E-state index is 0.0152. The van der Waals surface area contributed by atoms with Crippen molar-refractivity contribution in [1.29, 1.82) is 0 Å². The van der Waals surface area contributed by atoms with E-state index >= 15 is 0 Å². The van der Waals surface area contributed by atoms with Crippen LogP contribution in [0.15, 0.2) is 74.3 Å². The maximum atomic E-state index is 13.0. The Morgan fingerprint density at radius 2 is 1.96 bits per heavy atom. The second kappa shape index (κ2) is 4.64. The van der Waals surface area contributed by atoms with E-state index in [2.05, 4.69) is 40.8 Å². The molecule has 1 fully saturated rings. The number of amides is 1. The number of hydrogen-bond donors (Lipinski definition) is 0. The van der Waals surface area contributed by atoms with Gasteiger partial charge in [0.2, 0.25) is 0 Å². The molecule has 0 radical (unpaired) electrons. The highest BCUT2D eigenvalue weighted by Gasteiger charge is 2.42. The summed E-state index contributed by atoms with van der Waals surface area (Å²) in [6.45, 7) is 0. The normalized spacial score (nSPS) is 18.7. The van der Waals surface area contributed by atoms with Crippen molar-refractivity contribution in [2.24, 2.45) is 4.99 Å². The van der Waals surface area contributed by atoms with Gasteiger partial charge in [0, 0.05) is 14.5 Å². The Hall–Kier alpha value is -2.21. The molecule has 110 valence electrons. The van der Waals surface area contributed by atoms with Crippen LogP contribution in [-0.4, -0.2) is 11.7 Å². The third-order valence-electron chi connectivity index (χ3n) is 4.43. The molecule has 3 aliphatic rings. The number of allylic oxidation sites excluding steroid dienone is 4. The summed E-state index contributed by atoms with van der Waals surface area (Å²) in [6, 6.07) is 12.2. The van der Waals surface area contributed by atoms with E-state index in [0.717, 1.165) is 49.1 Å². The Bertz CT molecular complexity index is 1020. The van der Waals surface area contributed by atoms with Crippen LogP contribution in [0.3, 0.4) is 0 Å².